The molecule has 6 nitrogen and oxygen atoms in total. The molecule has 0 radical (unpaired) electrons. The van der Waals surface area contributed by atoms with E-state index in [1.54, 1.807) is 4.90 Å². The molecule has 7 heteroatoms. The number of piperazine rings is 1. The minimum Gasteiger partial charge on any atom is -0.356 e. The summed E-state index contributed by atoms with van der Waals surface area (Å²) in [6.07, 6.45) is 1.44. The molecule has 0 bridgehead atoms. The molecule has 0 atom stereocenters. The molecule has 1 N–H and O–H groups in total. The van der Waals surface area contributed by atoms with Gasteiger partial charge in [0.1, 0.15) is 0 Å². The van der Waals surface area contributed by atoms with E-state index in [1.165, 1.54) is 6.92 Å². The van der Waals surface area contributed by atoms with Gasteiger partial charge >= 0.3 is 0 Å². The Balaban J connectivity index is 1.70. The van der Waals surface area contributed by atoms with Crippen LogP contribution in [0.1, 0.15) is 25.3 Å². The van der Waals surface area contributed by atoms with Crippen LogP contribution in [0.3, 0.4) is 0 Å². The monoisotopic (exact) mass is 365 g/mol. The summed E-state index contributed by atoms with van der Waals surface area (Å²) in [7, 11) is 0. The molecule has 1 aliphatic rings. The zero-order valence-corrected chi connectivity index (χ0v) is 15.2. The van der Waals surface area contributed by atoms with Crippen molar-refractivity contribution in [1.29, 1.82) is 0 Å². The number of hydrogen-bond acceptors (Lipinski definition) is 3. The third kappa shape index (κ3) is 6.38. The van der Waals surface area contributed by atoms with Gasteiger partial charge < -0.3 is 15.1 Å². The maximum Gasteiger partial charge on any atom is 0.224 e. The average Bonchev–Trinajstić information content (AvgIpc) is 2.60. The van der Waals surface area contributed by atoms with Crippen molar-refractivity contribution in [1.82, 2.24) is 15.1 Å². The summed E-state index contributed by atoms with van der Waals surface area (Å²) >= 11 is 5.85. The van der Waals surface area contributed by atoms with Crippen molar-refractivity contribution in [2.24, 2.45) is 0 Å². The van der Waals surface area contributed by atoms with Crippen LogP contribution >= 0.6 is 11.6 Å². The van der Waals surface area contributed by atoms with Crippen LogP contribution in [0.25, 0.3) is 0 Å². The van der Waals surface area contributed by atoms with E-state index in [1.807, 2.05) is 29.2 Å². The van der Waals surface area contributed by atoms with E-state index in [4.69, 9.17) is 11.6 Å². The highest BCUT2D eigenvalue weighted by molar-refractivity contribution is 6.30. The Hall–Kier alpha value is -2.08. The van der Waals surface area contributed by atoms with Gasteiger partial charge in [0.2, 0.25) is 17.7 Å². The standard InChI is InChI=1S/C18H24ClN3O3/c1-14(23)20-9-8-18(25)22-12-10-21(11-13-22)17(24)7-4-15-2-5-16(19)6-3-15/h2-3,5-6H,4,7-13H2,1H3,(H,20,23). The fourth-order valence-electron chi connectivity index (χ4n) is 2.77. The third-order valence-electron chi connectivity index (χ3n) is 4.24. The maximum absolute atomic E-state index is 12.3. The molecule has 0 spiro atoms. The van der Waals surface area contributed by atoms with Crippen LogP contribution in [-0.4, -0.2) is 60.2 Å². The smallest absolute Gasteiger partial charge is 0.224 e. The van der Waals surface area contributed by atoms with E-state index in [9.17, 15) is 14.4 Å². The summed E-state index contributed by atoms with van der Waals surface area (Å²) in [5.74, 6) is -0.00814. The SMILES string of the molecule is CC(=O)NCCC(=O)N1CCN(C(=O)CCc2ccc(Cl)cc2)CC1. The summed E-state index contributed by atoms with van der Waals surface area (Å²) in [6, 6.07) is 7.52. The second-order valence-corrected chi connectivity index (χ2v) is 6.56. The Bertz CT molecular complexity index is 610. The molecule has 0 aliphatic carbocycles. The van der Waals surface area contributed by atoms with Crippen LogP contribution in [0.4, 0.5) is 0 Å². The van der Waals surface area contributed by atoms with Gasteiger partial charge in [-0.05, 0) is 24.1 Å². The van der Waals surface area contributed by atoms with Gasteiger partial charge in [-0.25, -0.2) is 0 Å². The topological polar surface area (TPSA) is 69.7 Å². The molecule has 25 heavy (non-hydrogen) atoms. The van der Waals surface area contributed by atoms with E-state index in [2.05, 4.69) is 5.32 Å². The number of rotatable bonds is 6. The highest BCUT2D eigenvalue weighted by atomic mass is 35.5. The van der Waals surface area contributed by atoms with Gasteiger partial charge in [0.05, 0.1) is 0 Å². The zero-order chi connectivity index (χ0) is 18.2. The lowest BCUT2D eigenvalue weighted by atomic mass is 10.1. The van der Waals surface area contributed by atoms with Crippen LogP contribution in [0.5, 0.6) is 0 Å². The number of hydrogen-bond donors (Lipinski definition) is 1. The van der Waals surface area contributed by atoms with Crippen molar-refractivity contribution in [3.8, 4) is 0 Å². The molecule has 1 aliphatic heterocycles. The van der Waals surface area contributed by atoms with Crippen LogP contribution in [0.2, 0.25) is 5.02 Å². The van der Waals surface area contributed by atoms with Gasteiger partial charge in [-0.2, -0.15) is 0 Å². The van der Waals surface area contributed by atoms with E-state index < -0.39 is 0 Å². The number of carbonyl (C=O) groups excluding carboxylic acids is 3. The summed E-state index contributed by atoms with van der Waals surface area (Å²) in [6.45, 7) is 4.00. The summed E-state index contributed by atoms with van der Waals surface area (Å²) in [5.41, 5.74) is 1.09. The first-order valence-electron chi connectivity index (χ1n) is 8.50. The molecular formula is C18H24ClN3O3. The molecule has 0 aromatic heterocycles. The molecule has 1 aromatic carbocycles. The highest BCUT2D eigenvalue weighted by Gasteiger charge is 2.23. The highest BCUT2D eigenvalue weighted by Crippen LogP contribution is 2.12. The molecule has 2 rings (SSSR count). The van der Waals surface area contributed by atoms with E-state index in [0.717, 1.165) is 5.56 Å². The number of halogens is 1. The molecule has 1 aromatic rings. The molecule has 136 valence electrons. The second kappa shape index (κ2) is 9.42. The number of aryl methyl sites for hydroxylation is 1. The fraction of sp³-hybridized carbons (Fsp3) is 0.500. The molecule has 1 heterocycles. The molecule has 1 saturated heterocycles. The molecule has 0 saturated carbocycles. The Kier molecular flexibility index (Phi) is 7.25. The summed E-state index contributed by atoms with van der Waals surface area (Å²) < 4.78 is 0. The van der Waals surface area contributed by atoms with Gasteiger partial charge in [-0.15, -0.1) is 0 Å². The zero-order valence-electron chi connectivity index (χ0n) is 14.5. The number of carbonyl (C=O) groups is 3. The number of nitrogens with zero attached hydrogens (tertiary/aromatic N) is 2. The third-order valence-corrected chi connectivity index (χ3v) is 4.49. The number of benzene rings is 1. The average molecular weight is 366 g/mol. The van der Waals surface area contributed by atoms with Crippen LogP contribution < -0.4 is 5.32 Å². The van der Waals surface area contributed by atoms with Crippen molar-refractivity contribution in [2.75, 3.05) is 32.7 Å². The maximum atomic E-state index is 12.3. The Morgan fingerprint density at radius 2 is 1.48 bits per heavy atom. The predicted molar refractivity (Wildman–Crippen MR) is 96.2 cm³/mol. The van der Waals surface area contributed by atoms with Crippen molar-refractivity contribution in [3.63, 3.8) is 0 Å². The second-order valence-electron chi connectivity index (χ2n) is 6.12. The largest absolute Gasteiger partial charge is 0.356 e. The van der Waals surface area contributed by atoms with Crippen molar-refractivity contribution in [3.05, 3.63) is 34.9 Å². The minimum absolute atomic E-state index is 0.0158. The normalized spacial score (nSPS) is 14.3. The van der Waals surface area contributed by atoms with Crippen molar-refractivity contribution < 1.29 is 14.4 Å². The Labute approximate surface area is 153 Å². The molecule has 0 unspecified atom stereocenters. The lowest BCUT2D eigenvalue weighted by molar-refractivity contribution is -0.139. The van der Waals surface area contributed by atoms with Crippen molar-refractivity contribution in [2.45, 2.75) is 26.2 Å². The lowest BCUT2D eigenvalue weighted by Gasteiger charge is -2.35. The summed E-state index contributed by atoms with van der Waals surface area (Å²) in [5, 5.41) is 3.31. The van der Waals surface area contributed by atoms with E-state index in [-0.39, 0.29) is 17.7 Å². The quantitative estimate of drug-likeness (QED) is 0.830. The van der Waals surface area contributed by atoms with Crippen LogP contribution in [0, 0.1) is 0 Å². The molecular weight excluding hydrogens is 342 g/mol. The Morgan fingerprint density at radius 3 is 2.00 bits per heavy atom. The molecule has 1 fully saturated rings. The van der Waals surface area contributed by atoms with Crippen LogP contribution in [0.15, 0.2) is 24.3 Å². The summed E-state index contributed by atoms with van der Waals surface area (Å²) in [4.78, 5) is 38.7. The van der Waals surface area contributed by atoms with Crippen molar-refractivity contribution >= 4 is 29.3 Å². The van der Waals surface area contributed by atoms with Gasteiger partial charge in [-0.1, -0.05) is 23.7 Å². The first-order valence-corrected chi connectivity index (χ1v) is 8.88. The molecule has 3 amide bonds. The fourth-order valence-corrected chi connectivity index (χ4v) is 2.90. The predicted octanol–water partition coefficient (Wildman–Crippen LogP) is 1.47. The first-order chi connectivity index (χ1) is 12.0. The van der Waals surface area contributed by atoms with Gasteiger partial charge in [0.15, 0.2) is 0 Å². The first kappa shape index (κ1) is 19.2. The van der Waals surface area contributed by atoms with Gasteiger partial charge in [0, 0.05) is 57.5 Å². The van der Waals surface area contributed by atoms with E-state index in [0.29, 0.717) is 57.0 Å². The van der Waals surface area contributed by atoms with Crippen LogP contribution in [-0.2, 0) is 20.8 Å². The van der Waals surface area contributed by atoms with E-state index >= 15 is 0 Å². The van der Waals surface area contributed by atoms with Gasteiger partial charge in [0.25, 0.3) is 0 Å². The Morgan fingerprint density at radius 1 is 0.960 bits per heavy atom. The van der Waals surface area contributed by atoms with Gasteiger partial charge in [-0.3, -0.25) is 14.4 Å². The minimum atomic E-state index is -0.135. The number of amides is 3. The lowest BCUT2D eigenvalue weighted by Crippen LogP contribution is -2.51. The number of nitrogens with one attached hydrogen (secondary N) is 1.